The van der Waals surface area contributed by atoms with Crippen LogP contribution in [0.1, 0.15) is 12.5 Å². The monoisotopic (exact) mass is 342 g/mol. The van der Waals surface area contributed by atoms with E-state index < -0.39 is 0 Å². The van der Waals surface area contributed by atoms with E-state index in [2.05, 4.69) is 16.5 Å². The fraction of sp³-hybridized carbons (Fsp3) is 0.211. The van der Waals surface area contributed by atoms with Crippen molar-refractivity contribution in [1.82, 2.24) is 9.55 Å². The lowest BCUT2D eigenvalue weighted by Crippen LogP contribution is -1.99. The predicted octanol–water partition coefficient (Wildman–Crippen LogP) is 5.01. The molecule has 0 bridgehead atoms. The lowest BCUT2D eigenvalue weighted by Gasteiger charge is -2.10. The van der Waals surface area contributed by atoms with Crippen molar-refractivity contribution in [3.8, 4) is 17.0 Å². The highest BCUT2D eigenvalue weighted by atomic mass is 32.2. The Hall–Kier alpha value is -2.27. The molecule has 3 nitrogen and oxygen atoms in total. The Bertz CT molecular complexity index is 797. The van der Waals surface area contributed by atoms with Crippen LogP contribution in [0.25, 0.3) is 11.3 Å². The number of thioether (sulfide) groups is 1. The third-order valence-corrected chi connectivity index (χ3v) is 4.86. The van der Waals surface area contributed by atoms with E-state index in [4.69, 9.17) is 4.74 Å². The van der Waals surface area contributed by atoms with Crippen LogP contribution in [-0.4, -0.2) is 16.7 Å². The molecule has 1 heterocycles. The number of rotatable bonds is 6. The quantitative estimate of drug-likeness (QED) is 0.589. The molecule has 0 radical (unpaired) electrons. The molecular formula is C19H19FN2OS. The Balaban J connectivity index is 1.79. The van der Waals surface area contributed by atoms with Gasteiger partial charge in [-0.3, -0.25) is 0 Å². The fourth-order valence-corrected chi connectivity index (χ4v) is 3.50. The number of hydrogen-bond donors (Lipinski definition) is 0. The van der Waals surface area contributed by atoms with Gasteiger partial charge in [-0.15, -0.1) is 0 Å². The van der Waals surface area contributed by atoms with E-state index in [0.717, 1.165) is 40.0 Å². The zero-order chi connectivity index (χ0) is 16.9. The van der Waals surface area contributed by atoms with Crippen molar-refractivity contribution in [3.05, 3.63) is 66.1 Å². The Kier molecular flexibility index (Phi) is 5.20. The Morgan fingerprint density at radius 1 is 1.08 bits per heavy atom. The van der Waals surface area contributed by atoms with Crippen LogP contribution in [0.4, 0.5) is 4.39 Å². The molecular weight excluding hydrogens is 323 g/mol. The van der Waals surface area contributed by atoms with Crippen molar-refractivity contribution in [2.75, 3.05) is 7.11 Å². The average molecular weight is 342 g/mol. The lowest BCUT2D eigenvalue weighted by atomic mass is 10.1. The topological polar surface area (TPSA) is 27.1 Å². The van der Waals surface area contributed by atoms with E-state index in [1.807, 2.05) is 42.6 Å². The first-order valence-electron chi connectivity index (χ1n) is 7.78. The summed E-state index contributed by atoms with van der Waals surface area (Å²) in [5.41, 5.74) is 3.28. The largest absolute Gasteiger partial charge is 0.497 e. The van der Waals surface area contributed by atoms with Gasteiger partial charge in [-0.25, -0.2) is 9.37 Å². The molecule has 0 amide bonds. The highest BCUT2D eigenvalue weighted by Gasteiger charge is 2.11. The van der Waals surface area contributed by atoms with Gasteiger partial charge in [0, 0.05) is 17.9 Å². The zero-order valence-corrected chi connectivity index (χ0v) is 14.5. The molecule has 0 N–H and O–H groups in total. The van der Waals surface area contributed by atoms with Crippen LogP contribution in [0.5, 0.6) is 5.75 Å². The molecule has 5 heteroatoms. The molecule has 0 atom stereocenters. The smallest absolute Gasteiger partial charge is 0.168 e. The lowest BCUT2D eigenvalue weighted by molar-refractivity contribution is 0.415. The zero-order valence-electron chi connectivity index (χ0n) is 13.7. The third-order valence-electron chi connectivity index (χ3n) is 3.80. The molecule has 24 heavy (non-hydrogen) atoms. The first-order chi connectivity index (χ1) is 11.7. The van der Waals surface area contributed by atoms with E-state index in [-0.39, 0.29) is 5.82 Å². The summed E-state index contributed by atoms with van der Waals surface area (Å²) < 4.78 is 20.4. The van der Waals surface area contributed by atoms with Crippen LogP contribution in [0.15, 0.2) is 59.9 Å². The molecule has 0 aliphatic rings. The van der Waals surface area contributed by atoms with Crippen LogP contribution >= 0.6 is 11.8 Å². The summed E-state index contributed by atoms with van der Waals surface area (Å²) in [6, 6.07) is 14.6. The summed E-state index contributed by atoms with van der Waals surface area (Å²) >= 11 is 1.66. The summed E-state index contributed by atoms with van der Waals surface area (Å²) in [7, 11) is 1.66. The number of benzene rings is 2. The minimum Gasteiger partial charge on any atom is -0.497 e. The minimum absolute atomic E-state index is 0.208. The number of nitrogens with zero attached hydrogens (tertiary/aromatic N) is 2. The van der Waals surface area contributed by atoms with Crippen LogP contribution < -0.4 is 4.74 Å². The summed E-state index contributed by atoms with van der Waals surface area (Å²) in [6.45, 7) is 2.95. The molecule has 0 aliphatic carbocycles. The van der Waals surface area contributed by atoms with E-state index in [1.54, 1.807) is 18.9 Å². The summed E-state index contributed by atoms with van der Waals surface area (Å²) in [6.07, 6.45) is 1.90. The van der Waals surface area contributed by atoms with Gasteiger partial charge in [0.1, 0.15) is 11.6 Å². The van der Waals surface area contributed by atoms with Crippen molar-refractivity contribution in [2.24, 2.45) is 0 Å². The summed E-state index contributed by atoms with van der Waals surface area (Å²) in [5.74, 6) is 1.40. The fourth-order valence-electron chi connectivity index (χ4n) is 2.50. The van der Waals surface area contributed by atoms with Crippen molar-refractivity contribution in [3.63, 3.8) is 0 Å². The third kappa shape index (κ3) is 3.62. The van der Waals surface area contributed by atoms with E-state index >= 15 is 0 Å². The van der Waals surface area contributed by atoms with Gasteiger partial charge in [0.2, 0.25) is 0 Å². The van der Waals surface area contributed by atoms with Gasteiger partial charge in [-0.05, 0) is 48.9 Å². The maximum Gasteiger partial charge on any atom is 0.168 e. The first-order valence-corrected chi connectivity index (χ1v) is 8.77. The second-order valence-electron chi connectivity index (χ2n) is 5.31. The molecule has 0 saturated carbocycles. The molecule has 0 spiro atoms. The van der Waals surface area contributed by atoms with Gasteiger partial charge < -0.3 is 9.30 Å². The number of methoxy groups -OCH3 is 1. The van der Waals surface area contributed by atoms with Crippen molar-refractivity contribution >= 4 is 11.8 Å². The van der Waals surface area contributed by atoms with Crippen LogP contribution in [0.2, 0.25) is 0 Å². The Labute approximate surface area is 145 Å². The SMILES string of the molecule is CCn1c(-c2ccc(OC)cc2)cnc1SCc1ccc(F)cc1. The van der Waals surface area contributed by atoms with Crippen molar-refractivity contribution < 1.29 is 9.13 Å². The molecule has 3 aromatic rings. The average Bonchev–Trinajstić information content (AvgIpc) is 3.04. The number of hydrogen-bond acceptors (Lipinski definition) is 3. The molecule has 0 saturated heterocycles. The van der Waals surface area contributed by atoms with Crippen molar-refractivity contribution in [1.29, 1.82) is 0 Å². The second kappa shape index (κ2) is 7.53. The Morgan fingerprint density at radius 2 is 1.79 bits per heavy atom. The predicted molar refractivity (Wildman–Crippen MR) is 95.9 cm³/mol. The molecule has 0 unspecified atom stereocenters. The summed E-state index contributed by atoms with van der Waals surface area (Å²) in [4.78, 5) is 4.56. The van der Waals surface area contributed by atoms with Gasteiger partial charge in [0.05, 0.1) is 19.0 Å². The molecule has 0 fully saturated rings. The van der Waals surface area contributed by atoms with Crippen LogP contribution in [-0.2, 0) is 12.3 Å². The standard InChI is InChI=1S/C19H19FN2OS/c1-3-22-18(15-6-10-17(23-2)11-7-15)12-21-19(22)24-13-14-4-8-16(20)9-5-14/h4-12H,3,13H2,1-2H3. The minimum atomic E-state index is -0.208. The number of aromatic nitrogens is 2. The van der Waals surface area contributed by atoms with Gasteiger partial charge in [-0.1, -0.05) is 23.9 Å². The van der Waals surface area contributed by atoms with Gasteiger partial charge in [0.25, 0.3) is 0 Å². The highest BCUT2D eigenvalue weighted by molar-refractivity contribution is 7.98. The van der Waals surface area contributed by atoms with Crippen LogP contribution in [0.3, 0.4) is 0 Å². The Morgan fingerprint density at radius 3 is 2.42 bits per heavy atom. The highest BCUT2D eigenvalue weighted by Crippen LogP contribution is 2.29. The first kappa shape index (κ1) is 16.6. The van der Waals surface area contributed by atoms with Gasteiger partial charge in [0.15, 0.2) is 5.16 Å². The second-order valence-corrected chi connectivity index (χ2v) is 6.26. The summed E-state index contributed by atoms with van der Waals surface area (Å²) in [5, 5.41) is 0.965. The normalized spacial score (nSPS) is 10.8. The molecule has 2 aromatic carbocycles. The van der Waals surface area contributed by atoms with Gasteiger partial charge >= 0.3 is 0 Å². The number of ether oxygens (including phenoxy) is 1. The maximum atomic E-state index is 13.0. The maximum absolute atomic E-state index is 13.0. The van der Waals surface area contributed by atoms with E-state index in [1.165, 1.54) is 12.1 Å². The molecule has 1 aromatic heterocycles. The van der Waals surface area contributed by atoms with E-state index in [0.29, 0.717) is 0 Å². The van der Waals surface area contributed by atoms with Crippen LogP contribution in [0, 0.1) is 5.82 Å². The number of imidazole rings is 1. The van der Waals surface area contributed by atoms with Crippen molar-refractivity contribution in [2.45, 2.75) is 24.4 Å². The van der Waals surface area contributed by atoms with E-state index in [9.17, 15) is 4.39 Å². The molecule has 3 rings (SSSR count). The molecule has 124 valence electrons. The molecule has 0 aliphatic heterocycles. The van der Waals surface area contributed by atoms with Gasteiger partial charge in [-0.2, -0.15) is 0 Å². The number of halogens is 1.